The Morgan fingerprint density at radius 3 is 2.50 bits per heavy atom. The zero-order valence-electron chi connectivity index (χ0n) is 11.5. The molecule has 1 aromatic carbocycles. The largest absolute Gasteiger partial charge is 0.465 e. The molecule has 1 aromatic heterocycles. The lowest BCUT2D eigenvalue weighted by molar-refractivity contribution is 0.0600. The van der Waals surface area contributed by atoms with E-state index in [1.807, 2.05) is 37.3 Å². The molecule has 104 valence electrons. The van der Waals surface area contributed by atoms with E-state index in [9.17, 15) is 4.79 Å². The van der Waals surface area contributed by atoms with Gasteiger partial charge in [-0.1, -0.05) is 41.9 Å². The van der Waals surface area contributed by atoms with Crippen LogP contribution in [0.1, 0.15) is 34.9 Å². The average molecular weight is 290 g/mol. The number of ether oxygens (including phenoxy) is 1. The van der Waals surface area contributed by atoms with Crippen LogP contribution in [0.25, 0.3) is 11.3 Å². The Bertz CT molecular complexity index is 657. The zero-order valence-corrected chi connectivity index (χ0v) is 12.3. The van der Waals surface area contributed by atoms with Gasteiger partial charge in [0.25, 0.3) is 0 Å². The molecule has 0 aliphatic heterocycles. The van der Waals surface area contributed by atoms with Crippen molar-refractivity contribution in [2.45, 2.75) is 25.8 Å². The van der Waals surface area contributed by atoms with Crippen molar-refractivity contribution in [1.29, 1.82) is 0 Å². The second-order valence-corrected chi connectivity index (χ2v) is 5.46. The van der Waals surface area contributed by atoms with Crippen molar-refractivity contribution in [1.82, 2.24) is 4.57 Å². The van der Waals surface area contributed by atoms with E-state index < -0.39 is 0 Å². The van der Waals surface area contributed by atoms with Gasteiger partial charge in [0.2, 0.25) is 0 Å². The summed E-state index contributed by atoms with van der Waals surface area (Å²) in [6, 6.07) is 10.4. The maximum Gasteiger partial charge on any atom is 0.341 e. The first-order valence-corrected chi connectivity index (χ1v) is 7.07. The van der Waals surface area contributed by atoms with Gasteiger partial charge in [0.15, 0.2) is 0 Å². The van der Waals surface area contributed by atoms with Gasteiger partial charge in [0.1, 0.15) is 0 Å². The molecule has 0 bridgehead atoms. The van der Waals surface area contributed by atoms with Crippen LogP contribution in [0.2, 0.25) is 5.02 Å². The Kier molecular flexibility index (Phi) is 3.30. The maximum absolute atomic E-state index is 12.0. The summed E-state index contributed by atoms with van der Waals surface area (Å²) in [5.74, 6) is -0.371. The minimum atomic E-state index is -0.371. The van der Waals surface area contributed by atoms with Gasteiger partial charge in [-0.15, -0.1) is 0 Å². The molecule has 3 nitrogen and oxygen atoms in total. The molecule has 1 saturated carbocycles. The predicted molar refractivity (Wildman–Crippen MR) is 79.2 cm³/mol. The summed E-state index contributed by atoms with van der Waals surface area (Å²) in [6.45, 7) is 1.93. The number of benzene rings is 1. The lowest BCUT2D eigenvalue weighted by atomic mass is 10.1. The van der Waals surface area contributed by atoms with Crippen molar-refractivity contribution < 1.29 is 9.53 Å². The molecular formula is C16H16ClNO2. The molecule has 20 heavy (non-hydrogen) atoms. The number of carbonyl (C=O) groups is 1. The van der Waals surface area contributed by atoms with Crippen LogP contribution in [0.5, 0.6) is 0 Å². The number of hydrogen-bond acceptors (Lipinski definition) is 2. The lowest BCUT2D eigenvalue weighted by Gasteiger charge is -2.10. The molecule has 1 aliphatic rings. The molecule has 1 fully saturated rings. The normalized spacial score (nSPS) is 14.3. The van der Waals surface area contributed by atoms with Crippen molar-refractivity contribution in [3.63, 3.8) is 0 Å². The fourth-order valence-corrected chi connectivity index (χ4v) is 3.08. The fraction of sp³-hybridized carbons (Fsp3) is 0.312. The highest BCUT2D eigenvalue weighted by molar-refractivity contribution is 6.36. The highest BCUT2D eigenvalue weighted by atomic mass is 35.5. The van der Waals surface area contributed by atoms with E-state index in [1.165, 1.54) is 7.11 Å². The molecule has 0 spiro atoms. The van der Waals surface area contributed by atoms with Gasteiger partial charge in [0, 0.05) is 11.7 Å². The van der Waals surface area contributed by atoms with Crippen LogP contribution >= 0.6 is 11.6 Å². The van der Waals surface area contributed by atoms with Crippen LogP contribution in [0.15, 0.2) is 30.3 Å². The Labute approximate surface area is 123 Å². The van der Waals surface area contributed by atoms with Gasteiger partial charge in [-0.3, -0.25) is 0 Å². The van der Waals surface area contributed by atoms with Crippen LogP contribution in [0.4, 0.5) is 0 Å². The molecule has 0 atom stereocenters. The molecule has 3 rings (SSSR count). The molecule has 1 aliphatic carbocycles. The molecule has 4 heteroatoms. The summed E-state index contributed by atoms with van der Waals surface area (Å²) in [6.07, 6.45) is 2.26. The predicted octanol–water partition coefficient (Wildman–Crippen LogP) is 4.24. The Morgan fingerprint density at radius 2 is 1.95 bits per heavy atom. The summed E-state index contributed by atoms with van der Waals surface area (Å²) in [4.78, 5) is 12.0. The SMILES string of the molecule is COC(=O)c1c(Cl)c(-c2ccccc2)n(C2CC2)c1C. The van der Waals surface area contributed by atoms with E-state index in [1.54, 1.807) is 0 Å². The summed E-state index contributed by atoms with van der Waals surface area (Å²) in [5, 5.41) is 0.493. The summed E-state index contributed by atoms with van der Waals surface area (Å²) >= 11 is 6.49. The third-order valence-electron chi connectivity index (χ3n) is 3.74. The number of rotatable bonds is 3. The van der Waals surface area contributed by atoms with E-state index in [-0.39, 0.29) is 5.97 Å². The zero-order chi connectivity index (χ0) is 14.3. The first-order valence-electron chi connectivity index (χ1n) is 6.69. The average Bonchev–Trinajstić information content (AvgIpc) is 3.25. The van der Waals surface area contributed by atoms with E-state index in [0.29, 0.717) is 16.6 Å². The van der Waals surface area contributed by atoms with Gasteiger partial charge >= 0.3 is 5.97 Å². The van der Waals surface area contributed by atoms with Crippen LogP contribution < -0.4 is 0 Å². The number of esters is 1. The number of methoxy groups -OCH3 is 1. The molecule has 0 amide bonds. The molecular weight excluding hydrogens is 274 g/mol. The second kappa shape index (κ2) is 4.98. The quantitative estimate of drug-likeness (QED) is 0.792. The van der Waals surface area contributed by atoms with Crippen LogP contribution in [-0.2, 0) is 4.74 Å². The molecule has 1 heterocycles. The number of carbonyl (C=O) groups excluding carboxylic acids is 1. The summed E-state index contributed by atoms with van der Waals surface area (Å²) < 4.78 is 7.05. The molecule has 2 aromatic rings. The van der Waals surface area contributed by atoms with Crippen molar-refractivity contribution in [2.75, 3.05) is 7.11 Å². The van der Waals surface area contributed by atoms with E-state index in [4.69, 9.17) is 16.3 Å². The monoisotopic (exact) mass is 289 g/mol. The Morgan fingerprint density at radius 1 is 1.30 bits per heavy atom. The minimum absolute atomic E-state index is 0.371. The van der Waals surface area contributed by atoms with Crippen molar-refractivity contribution in [3.8, 4) is 11.3 Å². The summed E-state index contributed by atoms with van der Waals surface area (Å²) in [5.41, 5.74) is 3.33. The van der Waals surface area contributed by atoms with Gasteiger partial charge in [-0.05, 0) is 25.3 Å². The first-order chi connectivity index (χ1) is 9.65. The smallest absolute Gasteiger partial charge is 0.341 e. The Hall–Kier alpha value is -1.74. The Balaban J connectivity index is 2.25. The molecule has 0 N–H and O–H groups in total. The minimum Gasteiger partial charge on any atom is -0.465 e. The highest BCUT2D eigenvalue weighted by Crippen LogP contribution is 2.45. The molecule has 0 unspecified atom stereocenters. The van der Waals surface area contributed by atoms with Gasteiger partial charge in [0.05, 0.1) is 23.4 Å². The lowest BCUT2D eigenvalue weighted by Crippen LogP contribution is -2.05. The third-order valence-corrected chi connectivity index (χ3v) is 4.11. The first kappa shape index (κ1) is 13.3. The van der Waals surface area contributed by atoms with E-state index >= 15 is 0 Å². The molecule has 0 saturated heterocycles. The fourth-order valence-electron chi connectivity index (χ4n) is 2.66. The summed E-state index contributed by atoms with van der Waals surface area (Å²) in [7, 11) is 1.38. The van der Waals surface area contributed by atoms with Crippen molar-refractivity contribution in [2.24, 2.45) is 0 Å². The number of aromatic nitrogens is 1. The second-order valence-electron chi connectivity index (χ2n) is 5.08. The maximum atomic E-state index is 12.0. The van der Waals surface area contributed by atoms with Gasteiger partial charge in [-0.25, -0.2) is 4.79 Å². The van der Waals surface area contributed by atoms with Crippen LogP contribution in [-0.4, -0.2) is 17.6 Å². The van der Waals surface area contributed by atoms with Crippen LogP contribution in [0.3, 0.4) is 0 Å². The number of nitrogens with zero attached hydrogens (tertiary/aromatic N) is 1. The van der Waals surface area contributed by atoms with Gasteiger partial charge < -0.3 is 9.30 Å². The van der Waals surface area contributed by atoms with E-state index in [2.05, 4.69) is 4.57 Å². The standard InChI is InChI=1S/C16H16ClNO2/c1-10-13(16(19)20-2)14(17)15(18(10)12-8-9-12)11-6-4-3-5-7-11/h3-7,12H,8-9H2,1-2H3. The number of hydrogen-bond donors (Lipinski definition) is 0. The topological polar surface area (TPSA) is 31.2 Å². The number of halogens is 1. The van der Waals surface area contributed by atoms with E-state index in [0.717, 1.165) is 29.8 Å². The van der Waals surface area contributed by atoms with Crippen molar-refractivity contribution >= 4 is 17.6 Å². The van der Waals surface area contributed by atoms with Crippen molar-refractivity contribution in [3.05, 3.63) is 46.6 Å². The van der Waals surface area contributed by atoms with Crippen LogP contribution in [0, 0.1) is 6.92 Å². The highest BCUT2D eigenvalue weighted by Gasteiger charge is 2.33. The van der Waals surface area contributed by atoms with Gasteiger partial charge in [-0.2, -0.15) is 0 Å². The third kappa shape index (κ3) is 2.02. The molecule has 0 radical (unpaired) electrons.